The Hall–Kier alpha value is -2.22. The molecule has 2 aromatic rings. The highest BCUT2D eigenvalue weighted by Crippen LogP contribution is 2.23. The highest BCUT2D eigenvalue weighted by Gasteiger charge is 2.29. The molecule has 6 nitrogen and oxygen atoms in total. The summed E-state index contributed by atoms with van der Waals surface area (Å²) in [6.07, 6.45) is 1.02. The van der Waals surface area contributed by atoms with Crippen LogP contribution in [0.5, 0.6) is 0 Å². The third-order valence-corrected chi connectivity index (χ3v) is 7.37. The Morgan fingerprint density at radius 3 is 2.21 bits per heavy atom. The maximum Gasteiger partial charge on any atom is 0.243 e. The van der Waals surface area contributed by atoms with E-state index in [1.54, 1.807) is 12.1 Å². The summed E-state index contributed by atoms with van der Waals surface area (Å²) in [6.45, 7) is 6.35. The number of anilines is 1. The average Bonchev–Trinajstić information content (AvgIpc) is 2.74. The minimum Gasteiger partial charge on any atom is -0.325 e. The molecule has 1 amide bonds. The van der Waals surface area contributed by atoms with Crippen molar-refractivity contribution in [1.82, 2.24) is 9.21 Å². The molecule has 3 rings (SSSR count). The van der Waals surface area contributed by atoms with Crippen LogP contribution in [0.1, 0.15) is 31.7 Å². The first-order valence-electron chi connectivity index (χ1n) is 10.1. The van der Waals surface area contributed by atoms with Gasteiger partial charge in [-0.1, -0.05) is 44.2 Å². The fourth-order valence-electron chi connectivity index (χ4n) is 3.41. The number of carbonyl (C=O) groups is 1. The fraction of sp³-hybridized carbons (Fsp3) is 0.409. The molecule has 0 bridgehead atoms. The smallest absolute Gasteiger partial charge is 0.243 e. The van der Waals surface area contributed by atoms with Gasteiger partial charge in [-0.15, -0.1) is 0 Å². The molecule has 1 saturated heterocycles. The Morgan fingerprint density at radius 2 is 1.62 bits per heavy atom. The summed E-state index contributed by atoms with van der Waals surface area (Å²) in [5, 5.41) is 2.86. The third kappa shape index (κ3) is 5.44. The van der Waals surface area contributed by atoms with Crippen LogP contribution < -0.4 is 5.32 Å². The van der Waals surface area contributed by atoms with Gasteiger partial charge in [-0.25, -0.2) is 8.42 Å². The summed E-state index contributed by atoms with van der Waals surface area (Å²) in [4.78, 5) is 14.5. The molecular formula is C22H29N3O3S. The zero-order valence-electron chi connectivity index (χ0n) is 17.0. The van der Waals surface area contributed by atoms with E-state index in [2.05, 4.69) is 19.2 Å². The van der Waals surface area contributed by atoms with E-state index in [1.165, 1.54) is 4.31 Å². The lowest BCUT2D eigenvalue weighted by atomic mass is 9.99. The number of benzene rings is 2. The van der Waals surface area contributed by atoms with Gasteiger partial charge in [-0.05, 0) is 42.2 Å². The molecule has 1 unspecified atom stereocenters. The van der Waals surface area contributed by atoms with Crippen molar-refractivity contribution < 1.29 is 13.2 Å². The van der Waals surface area contributed by atoms with Gasteiger partial charge in [-0.3, -0.25) is 9.69 Å². The molecule has 1 atom stereocenters. The molecule has 1 N–H and O–H groups in total. The van der Waals surface area contributed by atoms with Crippen LogP contribution in [0.2, 0.25) is 0 Å². The second-order valence-electron chi connectivity index (χ2n) is 7.47. The SMILES string of the molecule is CCC(C)c1ccc(S(=O)(=O)N2CCN(CC(=O)Nc3ccccc3)CC2)cc1. The fourth-order valence-corrected chi connectivity index (χ4v) is 4.83. The van der Waals surface area contributed by atoms with Gasteiger partial charge in [0.1, 0.15) is 0 Å². The molecule has 0 radical (unpaired) electrons. The van der Waals surface area contributed by atoms with Crippen LogP contribution in [-0.2, 0) is 14.8 Å². The number of piperazine rings is 1. The maximum atomic E-state index is 12.9. The highest BCUT2D eigenvalue weighted by atomic mass is 32.2. The monoisotopic (exact) mass is 415 g/mol. The zero-order valence-corrected chi connectivity index (χ0v) is 17.9. The first-order valence-corrected chi connectivity index (χ1v) is 11.5. The van der Waals surface area contributed by atoms with Crippen molar-refractivity contribution in [3.05, 3.63) is 60.2 Å². The Bertz CT molecular complexity index is 906. The van der Waals surface area contributed by atoms with Crippen molar-refractivity contribution in [2.45, 2.75) is 31.1 Å². The van der Waals surface area contributed by atoms with Crippen LogP contribution in [0.15, 0.2) is 59.5 Å². The van der Waals surface area contributed by atoms with Gasteiger partial charge < -0.3 is 5.32 Å². The molecular weight excluding hydrogens is 386 g/mol. The van der Waals surface area contributed by atoms with Gasteiger partial charge in [-0.2, -0.15) is 4.31 Å². The molecule has 1 fully saturated rings. The Kier molecular flexibility index (Phi) is 7.05. The molecule has 7 heteroatoms. The first kappa shape index (κ1) is 21.5. The van der Waals surface area contributed by atoms with E-state index in [-0.39, 0.29) is 12.5 Å². The molecule has 156 valence electrons. The Morgan fingerprint density at radius 1 is 1.00 bits per heavy atom. The average molecular weight is 416 g/mol. The topological polar surface area (TPSA) is 69.7 Å². The van der Waals surface area contributed by atoms with Crippen molar-refractivity contribution >= 4 is 21.6 Å². The molecule has 1 aliphatic rings. The van der Waals surface area contributed by atoms with Gasteiger partial charge in [0.05, 0.1) is 11.4 Å². The summed E-state index contributed by atoms with van der Waals surface area (Å²) < 4.78 is 27.4. The van der Waals surface area contributed by atoms with Crippen molar-refractivity contribution in [1.29, 1.82) is 0 Å². The molecule has 2 aromatic carbocycles. The van der Waals surface area contributed by atoms with Crippen molar-refractivity contribution in [3.63, 3.8) is 0 Å². The molecule has 0 spiro atoms. The van der Waals surface area contributed by atoms with Gasteiger partial charge in [0, 0.05) is 31.9 Å². The molecule has 29 heavy (non-hydrogen) atoms. The normalized spacial score (nSPS) is 17.0. The quantitative estimate of drug-likeness (QED) is 0.754. The number of rotatable bonds is 7. The van der Waals surface area contributed by atoms with Crippen LogP contribution in [0.3, 0.4) is 0 Å². The number of hydrogen-bond acceptors (Lipinski definition) is 4. The number of para-hydroxylation sites is 1. The zero-order chi connectivity index (χ0) is 20.9. The first-order chi connectivity index (χ1) is 13.9. The lowest BCUT2D eigenvalue weighted by Crippen LogP contribution is -2.50. The van der Waals surface area contributed by atoms with E-state index in [0.717, 1.165) is 17.7 Å². The number of amides is 1. The van der Waals surface area contributed by atoms with Crippen LogP contribution in [0, 0.1) is 0 Å². The summed E-state index contributed by atoms with van der Waals surface area (Å²) in [5.74, 6) is 0.325. The number of nitrogens with zero attached hydrogens (tertiary/aromatic N) is 2. The highest BCUT2D eigenvalue weighted by molar-refractivity contribution is 7.89. The molecule has 0 saturated carbocycles. The van der Waals surface area contributed by atoms with E-state index in [4.69, 9.17) is 0 Å². The third-order valence-electron chi connectivity index (χ3n) is 5.46. The van der Waals surface area contributed by atoms with Crippen molar-refractivity contribution in [2.24, 2.45) is 0 Å². The van der Waals surface area contributed by atoms with E-state index in [9.17, 15) is 13.2 Å². The Balaban J connectivity index is 1.54. The predicted octanol–water partition coefficient (Wildman–Crippen LogP) is 3.15. The van der Waals surface area contributed by atoms with Gasteiger partial charge in [0.2, 0.25) is 15.9 Å². The number of hydrogen-bond donors (Lipinski definition) is 1. The second-order valence-corrected chi connectivity index (χ2v) is 9.41. The summed E-state index contributed by atoms with van der Waals surface area (Å²) >= 11 is 0. The molecule has 0 aromatic heterocycles. The summed E-state index contributed by atoms with van der Waals surface area (Å²) in [6, 6.07) is 16.5. The van der Waals surface area contributed by atoms with E-state index in [1.807, 2.05) is 47.4 Å². The molecule has 0 aliphatic carbocycles. The summed E-state index contributed by atoms with van der Waals surface area (Å²) in [7, 11) is -3.51. The van der Waals surface area contributed by atoms with Crippen LogP contribution in [-0.4, -0.2) is 56.3 Å². The largest absolute Gasteiger partial charge is 0.325 e. The number of sulfonamides is 1. The van der Waals surface area contributed by atoms with E-state index >= 15 is 0 Å². The van der Waals surface area contributed by atoms with Gasteiger partial charge in [0.15, 0.2) is 0 Å². The number of nitrogens with one attached hydrogen (secondary N) is 1. The molecule has 1 aliphatic heterocycles. The Labute approximate surface area is 173 Å². The predicted molar refractivity (Wildman–Crippen MR) is 115 cm³/mol. The van der Waals surface area contributed by atoms with Gasteiger partial charge in [0.25, 0.3) is 0 Å². The number of carbonyl (C=O) groups excluding carboxylic acids is 1. The van der Waals surface area contributed by atoms with Crippen molar-refractivity contribution in [2.75, 3.05) is 38.0 Å². The second kappa shape index (κ2) is 9.52. The van der Waals surface area contributed by atoms with Crippen molar-refractivity contribution in [3.8, 4) is 0 Å². The van der Waals surface area contributed by atoms with Crippen LogP contribution in [0.4, 0.5) is 5.69 Å². The summed E-state index contributed by atoms with van der Waals surface area (Å²) in [5.41, 5.74) is 1.92. The van der Waals surface area contributed by atoms with E-state index in [0.29, 0.717) is 37.0 Å². The van der Waals surface area contributed by atoms with Crippen LogP contribution >= 0.6 is 0 Å². The molecule has 1 heterocycles. The van der Waals surface area contributed by atoms with E-state index < -0.39 is 10.0 Å². The standard InChI is InChI=1S/C22H29N3O3S/c1-3-18(2)19-9-11-21(12-10-19)29(27,28)25-15-13-24(14-16-25)17-22(26)23-20-7-5-4-6-8-20/h4-12,18H,3,13-17H2,1-2H3,(H,23,26). The lowest BCUT2D eigenvalue weighted by molar-refractivity contribution is -0.117. The van der Waals surface area contributed by atoms with Gasteiger partial charge >= 0.3 is 0 Å². The van der Waals surface area contributed by atoms with Crippen LogP contribution in [0.25, 0.3) is 0 Å². The lowest BCUT2D eigenvalue weighted by Gasteiger charge is -2.33. The minimum absolute atomic E-state index is 0.0897. The minimum atomic E-state index is -3.51. The maximum absolute atomic E-state index is 12.9.